The summed E-state index contributed by atoms with van der Waals surface area (Å²) in [6.45, 7) is 4.32. The number of aromatic nitrogens is 4. The van der Waals surface area contributed by atoms with Gasteiger partial charge in [0.25, 0.3) is 5.91 Å². The van der Waals surface area contributed by atoms with Crippen LogP contribution in [0.25, 0.3) is 16.7 Å². The van der Waals surface area contributed by atoms with Crippen LogP contribution in [-0.4, -0.2) is 56.7 Å². The van der Waals surface area contributed by atoms with E-state index in [1.54, 1.807) is 23.0 Å². The fourth-order valence-corrected chi connectivity index (χ4v) is 4.40. The topological polar surface area (TPSA) is 67.2 Å². The minimum Gasteiger partial charge on any atom is -0.352 e. The number of carbonyl (C=O) groups is 1. The molecule has 1 aliphatic rings. The van der Waals surface area contributed by atoms with Gasteiger partial charge in [-0.25, -0.2) is 14.6 Å². The predicted molar refractivity (Wildman–Crippen MR) is 126 cm³/mol. The van der Waals surface area contributed by atoms with Crippen molar-refractivity contribution in [2.24, 2.45) is 0 Å². The molecule has 9 heteroatoms. The number of carbonyl (C=O) groups excluding carboxylic acids is 1. The molecule has 2 aromatic heterocycles. The largest absolute Gasteiger partial charge is 0.352 e. The van der Waals surface area contributed by atoms with Crippen LogP contribution in [0.1, 0.15) is 16.2 Å². The second kappa shape index (κ2) is 8.41. The number of piperazine rings is 1. The lowest BCUT2D eigenvalue weighted by Gasteiger charge is -2.35. The minimum atomic E-state index is -0.0502. The molecular weight excluding hydrogens is 447 g/mol. The quantitative estimate of drug-likeness (QED) is 0.447. The van der Waals surface area contributed by atoms with Gasteiger partial charge in [-0.1, -0.05) is 47.5 Å². The van der Waals surface area contributed by atoms with Crippen molar-refractivity contribution in [3.05, 3.63) is 76.2 Å². The molecule has 1 amide bonds. The Morgan fingerprint density at radius 2 is 1.59 bits per heavy atom. The number of amides is 1. The molecule has 0 unspecified atom stereocenters. The Balaban J connectivity index is 1.42. The molecule has 1 saturated heterocycles. The Bertz CT molecular complexity index is 1310. The number of fused-ring (bicyclic) bond motifs is 1. The number of nitrogens with zero attached hydrogens (tertiary/aromatic N) is 6. The van der Waals surface area contributed by atoms with Gasteiger partial charge >= 0.3 is 0 Å². The Morgan fingerprint density at radius 1 is 0.906 bits per heavy atom. The van der Waals surface area contributed by atoms with Crippen LogP contribution in [0.5, 0.6) is 0 Å². The third-order valence-corrected chi connectivity index (χ3v) is 6.22. The third-order valence-electron chi connectivity index (χ3n) is 5.57. The van der Waals surface area contributed by atoms with Crippen LogP contribution in [-0.2, 0) is 0 Å². The third kappa shape index (κ3) is 3.67. The van der Waals surface area contributed by atoms with Gasteiger partial charge in [-0.3, -0.25) is 4.79 Å². The van der Waals surface area contributed by atoms with Crippen molar-refractivity contribution in [1.82, 2.24) is 24.6 Å². The van der Waals surface area contributed by atoms with E-state index in [0.717, 1.165) is 16.9 Å². The Labute approximate surface area is 195 Å². The number of benzene rings is 2. The van der Waals surface area contributed by atoms with Gasteiger partial charge in [0.05, 0.1) is 32.9 Å². The maximum absolute atomic E-state index is 12.9. The zero-order valence-corrected chi connectivity index (χ0v) is 18.9. The number of rotatable bonds is 3. The summed E-state index contributed by atoms with van der Waals surface area (Å²) in [5.41, 5.74) is 2.00. The molecule has 0 atom stereocenters. The van der Waals surface area contributed by atoms with Gasteiger partial charge in [0.1, 0.15) is 11.6 Å². The lowest BCUT2D eigenvalue weighted by atomic mass is 10.1. The van der Waals surface area contributed by atoms with Gasteiger partial charge < -0.3 is 9.80 Å². The molecule has 7 nitrogen and oxygen atoms in total. The van der Waals surface area contributed by atoms with Crippen molar-refractivity contribution < 1.29 is 4.79 Å². The Kier molecular flexibility index (Phi) is 5.45. The van der Waals surface area contributed by atoms with E-state index in [1.165, 1.54) is 0 Å². The van der Waals surface area contributed by atoms with Gasteiger partial charge in [0.15, 0.2) is 5.65 Å². The first kappa shape index (κ1) is 20.7. The van der Waals surface area contributed by atoms with Crippen LogP contribution in [0.15, 0.2) is 54.7 Å². The molecule has 4 aromatic rings. The van der Waals surface area contributed by atoms with Crippen molar-refractivity contribution in [2.75, 3.05) is 31.1 Å². The second-order valence-corrected chi connectivity index (χ2v) is 8.41. The highest BCUT2D eigenvalue weighted by Crippen LogP contribution is 2.29. The highest BCUT2D eigenvalue weighted by Gasteiger charge is 2.26. The normalized spacial score (nSPS) is 14.2. The van der Waals surface area contributed by atoms with Gasteiger partial charge in [-0.2, -0.15) is 5.10 Å². The van der Waals surface area contributed by atoms with Crippen LogP contribution >= 0.6 is 23.2 Å². The highest BCUT2D eigenvalue weighted by atomic mass is 35.5. The molecule has 1 aliphatic heterocycles. The van der Waals surface area contributed by atoms with Crippen molar-refractivity contribution in [1.29, 1.82) is 0 Å². The van der Waals surface area contributed by atoms with Crippen LogP contribution in [0.2, 0.25) is 10.0 Å². The highest BCUT2D eigenvalue weighted by molar-refractivity contribution is 6.33. The van der Waals surface area contributed by atoms with Gasteiger partial charge in [-0.05, 0) is 31.2 Å². The molecule has 0 saturated carbocycles. The minimum absolute atomic E-state index is 0.0502. The fraction of sp³-hybridized carbons (Fsp3) is 0.217. The lowest BCUT2D eigenvalue weighted by molar-refractivity contribution is 0.0747. The molecule has 1 fully saturated rings. The predicted octanol–water partition coefficient (Wildman–Crippen LogP) is 4.39. The number of halogens is 2. The van der Waals surface area contributed by atoms with Crippen molar-refractivity contribution in [2.45, 2.75) is 6.92 Å². The number of para-hydroxylation sites is 1. The molecule has 162 valence electrons. The summed E-state index contributed by atoms with van der Waals surface area (Å²) < 4.78 is 1.74. The lowest BCUT2D eigenvalue weighted by Crippen LogP contribution is -2.49. The van der Waals surface area contributed by atoms with E-state index in [2.05, 4.69) is 15.0 Å². The summed E-state index contributed by atoms with van der Waals surface area (Å²) >= 11 is 12.6. The molecule has 0 spiro atoms. The number of hydrogen-bond acceptors (Lipinski definition) is 5. The molecule has 0 bridgehead atoms. The number of anilines is 1. The first-order chi connectivity index (χ1) is 15.5. The standard InChI is InChI=1S/C23H20Cl2N6O/c1-15-27-21(17-14-26-31(22(17)28-15)20-9-5-4-8-19(20)25)29-10-12-30(13-11-29)23(32)16-6-2-3-7-18(16)24/h2-9,14H,10-13H2,1H3. The maximum Gasteiger partial charge on any atom is 0.255 e. The summed E-state index contributed by atoms with van der Waals surface area (Å²) in [4.78, 5) is 26.2. The fourth-order valence-electron chi connectivity index (χ4n) is 3.97. The zero-order valence-electron chi connectivity index (χ0n) is 17.4. The summed E-state index contributed by atoms with van der Waals surface area (Å²) in [6.07, 6.45) is 1.77. The van der Waals surface area contributed by atoms with E-state index in [4.69, 9.17) is 28.2 Å². The monoisotopic (exact) mass is 466 g/mol. The van der Waals surface area contributed by atoms with Crippen molar-refractivity contribution in [3.63, 3.8) is 0 Å². The van der Waals surface area contributed by atoms with Gasteiger partial charge in [0.2, 0.25) is 0 Å². The SMILES string of the molecule is Cc1nc(N2CCN(C(=O)c3ccccc3Cl)CC2)c2cnn(-c3ccccc3Cl)c2n1. The van der Waals surface area contributed by atoms with E-state index < -0.39 is 0 Å². The van der Waals surface area contributed by atoms with E-state index in [9.17, 15) is 4.79 Å². The zero-order chi connectivity index (χ0) is 22.2. The smallest absolute Gasteiger partial charge is 0.255 e. The Morgan fingerprint density at radius 3 is 2.31 bits per heavy atom. The maximum atomic E-state index is 12.9. The first-order valence-corrected chi connectivity index (χ1v) is 11.0. The Hall–Kier alpha value is -3.16. The van der Waals surface area contributed by atoms with Crippen LogP contribution < -0.4 is 4.90 Å². The molecule has 0 radical (unpaired) electrons. The van der Waals surface area contributed by atoms with Gasteiger partial charge in [-0.15, -0.1) is 0 Å². The molecule has 5 rings (SSSR count). The van der Waals surface area contributed by atoms with Crippen molar-refractivity contribution in [3.8, 4) is 5.69 Å². The summed E-state index contributed by atoms with van der Waals surface area (Å²) in [5.74, 6) is 1.41. The molecule has 0 N–H and O–H groups in total. The number of aryl methyl sites for hydroxylation is 1. The molecule has 2 aromatic carbocycles. The molecule has 3 heterocycles. The van der Waals surface area contributed by atoms with Crippen LogP contribution in [0.3, 0.4) is 0 Å². The average Bonchev–Trinajstić information content (AvgIpc) is 3.22. The summed E-state index contributed by atoms with van der Waals surface area (Å²) in [7, 11) is 0. The van der Waals surface area contributed by atoms with E-state index >= 15 is 0 Å². The average molecular weight is 467 g/mol. The van der Waals surface area contributed by atoms with Crippen LogP contribution in [0.4, 0.5) is 5.82 Å². The summed E-state index contributed by atoms with van der Waals surface area (Å²) in [5, 5.41) is 6.46. The summed E-state index contributed by atoms with van der Waals surface area (Å²) in [6, 6.07) is 14.7. The van der Waals surface area contributed by atoms with Crippen molar-refractivity contribution >= 4 is 46.0 Å². The van der Waals surface area contributed by atoms with E-state index in [0.29, 0.717) is 53.3 Å². The molecular formula is C23H20Cl2N6O. The van der Waals surface area contributed by atoms with Crippen LogP contribution in [0, 0.1) is 6.92 Å². The van der Waals surface area contributed by atoms with Gasteiger partial charge in [0, 0.05) is 26.2 Å². The second-order valence-electron chi connectivity index (χ2n) is 7.60. The number of hydrogen-bond donors (Lipinski definition) is 0. The molecule has 32 heavy (non-hydrogen) atoms. The van der Waals surface area contributed by atoms with E-state index in [-0.39, 0.29) is 5.91 Å². The first-order valence-electron chi connectivity index (χ1n) is 10.3. The molecule has 0 aliphatic carbocycles. The van der Waals surface area contributed by atoms with E-state index in [1.807, 2.05) is 48.2 Å².